The number of anilines is 1. The number of amides is 2. The van der Waals surface area contributed by atoms with Crippen LogP contribution >= 0.6 is 0 Å². The SMILES string of the molecule is NC(=O)CC(N)C(=O)Nc1cccc(O)c1. The molecular weight excluding hydrogens is 210 g/mol. The number of aromatic hydroxyl groups is 1. The van der Waals surface area contributed by atoms with Gasteiger partial charge >= 0.3 is 0 Å². The zero-order valence-corrected chi connectivity index (χ0v) is 8.51. The smallest absolute Gasteiger partial charge is 0.241 e. The molecule has 16 heavy (non-hydrogen) atoms. The van der Waals surface area contributed by atoms with Gasteiger partial charge in [-0.15, -0.1) is 0 Å². The Kier molecular flexibility index (Phi) is 3.84. The fraction of sp³-hybridized carbons (Fsp3) is 0.200. The molecule has 1 rings (SSSR count). The Bertz CT molecular complexity index is 406. The lowest BCUT2D eigenvalue weighted by Crippen LogP contribution is -2.38. The van der Waals surface area contributed by atoms with Crippen LogP contribution in [0, 0.1) is 0 Å². The Balaban J connectivity index is 2.60. The lowest BCUT2D eigenvalue weighted by molar-refractivity contribution is -0.123. The number of hydrogen-bond acceptors (Lipinski definition) is 4. The van der Waals surface area contributed by atoms with Gasteiger partial charge in [-0.2, -0.15) is 0 Å². The van der Waals surface area contributed by atoms with E-state index in [9.17, 15) is 9.59 Å². The molecule has 0 spiro atoms. The predicted octanol–water partition coefficient (Wildman–Crippen LogP) is -0.467. The summed E-state index contributed by atoms with van der Waals surface area (Å²) >= 11 is 0. The van der Waals surface area contributed by atoms with Crippen molar-refractivity contribution in [1.82, 2.24) is 0 Å². The Morgan fingerprint density at radius 2 is 2.12 bits per heavy atom. The highest BCUT2D eigenvalue weighted by molar-refractivity contribution is 5.97. The fourth-order valence-electron chi connectivity index (χ4n) is 1.13. The van der Waals surface area contributed by atoms with E-state index in [1.165, 1.54) is 12.1 Å². The van der Waals surface area contributed by atoms with Gasteiger partial charge in [0.15, 0.2) is 0 Å². The number of hydrogen-bond donors (Lipinski definition) is 4. The second kappa shape index (κ2) is 5.13. The van der Waals surface area contributed by atoms with Crippen LogP contribution in [-0.4, -0.2) is 23.0 Å². The number of rotatable bonds is 4. The number of phenolic OH excluding ortho intramolecular Hbond substituents is 1. The van der Waals surface area contributed by atoms with Crippen molar-refractivity contribution in [3.05, 3.63) is 24.3 Å². The van der Waals surface area contributed by atoms with Crippen LogP contribution in [0.4, 0.5) is 5.69 Å². The first kappa shape index (κ1) is 12.0. The molecule has 0 fully saturated rings. The number of nitrogens with two attached hydrogens (primary N) is 2. The Morgan fingerprint density at radius 1 is 1.44 bits per heavy atom. The number of benzene rings is 1. The van der Waals surface area contributed by atoms with Crippen molar-refractivity contribution in [3.63, 3.8) is 0 Å². The summed E-state index contributed by atoms with van der Waals surface area (Å²) in [6.07, 6.45) is -0.218. The monoisotopic (exact) mass is 223 g/mol. The van der Waals surface area contributed by atoms with Crippen molar-refractivity contribution < 1.29 is 14.7 Å². The minimum atomic E-state index is -0.986. The van der Waals surface area contributed by atoms with Gasteiger partial charge in [0.05, 0.1) is 12.5 Å². The van der Waals surface area contributed by atoms with Crippen LogP contribution in [0.1, 0.15) is 6.42 Å². The topological polar surface area (TPSA) is 118 Å². The van der Waals surface area contributed by atoms with Gasteiger partial charge in [0.2, 0.25) is 11.8 Å². The second-order valence-corrected chi connectivity index (χ2v) is 3.32. The van der Waals surface area contributed by atoms with Crippen LogP contribution in [0.25, 0.3) is 0 Å². The summed E-state index contributed by atoms with van der Waals surface area (Å²) in [5, 5.41) is 11.6. The third-order valence-corrected chi connectivity index (χ3v) is 1.87. The summed E-state index contributed by atoms with van der Waals surface area (Å²) in [6, 6.07) is 5.02. The van der Waals surface area contributed by atoms with Gasteiger partial charge in [-0.05, 0) is 12.1 Å². The highest BCUT2D eigenvalue weighted by atomic mass is 16.3. The van der Waals surface area contributed by atoms with E-state index < -0.39 is 17.9 Å². The molecule has 0 saturated carbocycles. The number of carbonyl (C=O) groups excluding carboxylic acids is 2. The summed E-state index contributed by atoms with van der Waals surface area (Å²) in [7, 11) is 0. The molecule has 0 radical (unpaired) electrons. The number of phenols is 1. The number of primary amides is 1. The number of nitrogens with one attached hydrogen (secondary N) is 1. The minimum absolute atomic E-state index is 0.0290. The van der Waals surface area contributed by atoms with E-state index in [0.717, 1.165) is 0 Å². The molecule has 2 amide bonds. The van der Waals surface area contributed by atoms with E-state index in [0.29, 0.717) is 5.69 Å². The molecule has 0 aromatic heterocycles. The van der Waals surface area contributed by atoms with Crippen molar-refractivity contribution >= 4 is 17.5 Å². The van der Waals surface area contributed by atoms with E-state index in [1.54, 1.807) is 12.1 Å². The summed E-state index contributed by atoms with van der Waals surface area (Å²) < 4.78 is 0. The molecule has 0 saturated heterocycles. The van der Waals surface area contributed by atoms with Crippen molar-refractivity contribution in [1.29, 1.82) is 0 Å². The third-order valence-electron chi connectivity index (χ3n) is 1.87. The fourth-order valence-corrected chi connectivity index (χ4v) is 1.13. The van der Waals surface area contributed by atoms with Gasteiger partial charge in [-0.1, -0.05) is 6.07 Å². The average molecular weight is 223 g/mol. The highest BCUT2D eigenvalue weighted by Gasteiger charge is 2.15. The normalized spacial score (nSPS) is 11.8. The van der Waals surface area contributed by atoms with E-state index in [1.807, 2.05) is 0 Å². The Morgan fingerprint density at radius 3 is 2.69 bits per heavy atom. The zero-order chi connectivity index (χ0) is 12.1. The van der Waals surface area contributed by atoms with Gasteiger partial charge in [0.1, 0.15) is 5.75 Å². The molecule has 1 aromatic rings. The van der Waals surface area contributed by atoms with Gasteiger partial charge < -0.3 is 21.9 Å². The molecule has 0 bridgehead atoms. The molecule has 86 valence electrons. The maximum absolute atomic E-state index is 11.4. The summed E-state index contributed by atoms with van der Waals surface area (Å²) in [6.45, 7) is 0. The molecular formula is C10H13N3O3. The third kappa shape index (κ3) is 3.58. The predicted molar refractivity (Wildman–Crippen MR) is 58.5 cm³/mol. The molecule has 6 nitrogen and oxygen atoms in total. The maximum atomic E-state index is 11.4. The molecule has 1 unspecified atom stereocenters. The highest BCUT2D eigenvalue weighted by Crippen LogP contribution is 2.15. The Labute approximate surface area is 92.2 Å². The summed E-state index contributed by atoms with van der Waals surface area (Å²) in [5.41, 5.74) is 10.7. The van der Waals surface area contributed by atoms with Crippen LogP contribution in [0.2, 0.25) is 0 Å². The van der Waals surface area contributed by atoms with Gasteiger partial charge in [0.25, 0.3) is 0 Å². The molecule has 6 N–H and O–H groups in total. The summed E-state index contributed by atoms with van der Waals surface area (Å²) in [4.78, 5) is 22.0. The average Bonchev–Trinajstić information content (AvgIpc) is 2.16. The maximum Gasteiger partial charge on any atom is 0.241 e. The van der Waals surface area contributed by atoms with Crippen LogP contribution < -0.4 is 16.8 Å². The number of carbonyl (C=O) groups is 2. The molecule has 0 heterocycles. The van der Waals surface area contributed by atoms with E-state index >= 15 is 0 Å². The van der Waals surface area contributed by atoms with Crippen molar-refractivity contribution in [2.24, 2.45) is 11.5 Å². The van der Waals surface area contributed by atoms with E-state index in [4.69, 9.17) is 16.6 Å². The lowest BCUT2D eigenvalue weighted by atomic mass is 10.2. The second-order valence-electron chi connectivity index (χ2n) is 3.32. The molecule has 0 aliphatic rings. The standard InChI is InChI=1S/C10H13N3O3/c11-8(5-9(12)15)10(16)13-6-2-1-3-7(14)4-6/h1-4,8,14H,5,11H2,(H2,12,15)(H,13,16). The Hall–Kier alpha value is -2.08. The van der Waals surface area contributed by atoms with E-state index in [-0.39, 0.29) is 12.2 Å². The quantitative estimate of drug-likeness (QED) is 0.552. The lowest BCUT2D eigenvalue weighted by Gasteiger charge is -2.10. The van der Waals surface area contributed by atoms with Crippen LogP contribution in [-0.2, 0) is 9.59 Å². The van der Waals surface area contributed by atoms with Gasteiger partial charge in [-0.3, -0.25) is 9.59 Å². The largest absolute Gasteiger partial charge is 0.508 e. The van der Waals surface area contributed by atoms with Gasteiger partial charge in [-0.25, -0.2) is 0 Å². The van der Waals surface area contributed by atoms with Crippen molar-refractivity contribution in [2.45, 2.75) is 12.5 Å². The van der Waals surface area contributed by atoms with Crippen LogP contribution in [0.15, 0.2) is 24.3 Å². The molecule has 1 aromatic carbocycles. The van der Waals surface area contributed by atoms with Gasteiger partial charge in [0, 0.05) is 11.8 Å². The first-order valence-electron chi connectivity index (χ1n) is 4.63. The van der Waals surface area contributed by atoms with E-state index in [2.05, 4.69) is 5.32 Å². The molecule has 1 atom stereocenters. The zero-order valence-electron chi connectivity index (χ0n) is 8.51. The van der Waals surface area contributed by atoms with Crippen LogP contribution in [0.3, 0.4) is 0 Å². The summed E-state index contributed by atoms with van der Waals surface area (Å²) in [5.74, 6) is -1.13. The van der Waals surface area contributed by atoms with Crippen molar-refractivity contribution in [3.8, 4) is 5.75 Å². The first-order valence-corrected chi connectivity index (χ1v) is 4.63. The van der Waals surface area contributed by atoms with Crippen molar-refractivity contribution in [2.75, 3.05) is 5.32 Å². The van der Waals surface area contributed by atoms with Crippen LogP contribution in [0.5, 0.6) is 5.75 Å². The molecule has 0 aliphatic heterocycles. The molecule has 6 heteroatoms. The minimum Gasteiger partial charge on any atom is -0.508 e. The molecule has 0 aliphatic carbocycles. The first-order chi connectivity index (χ1) is 7.49.